The quantitative estimate of drug-likeness (QED) is 0.610. The first-order valence-corrected chi connectivity index (χ1v) is 13.8. The number of carbonyl (C=O) groups excluding carboxylic acids is 1. The van der Waals surface area contributed by atoms with Crippen LogP contribution in [0.1, 0.15) is 62.1 Å². The molecule has 1 saturated carbocycles. The zero-order valence-electron chi connectivity index (χ0n) is 22.2. The number of fused-ring (bicyclic) bond motifs is 1. The van der Waals surface area contributed by atoms with E-state index in [2.05, 4.69) is 43.0 Å². The lowest BCUT2D eigenvalue weighted by Gasteiger charge is -2.57. The summed E-state index contributed by atoms with van der Waals surface area (Å²) in [6, 6.07) is 16.6. The lowest BCUT2D eigenvalue weighted by atomic mass is 9.57. The topological polar surface area (TPSA) is 53.0 Å². The molecule has 1 aliphatic carbocycles. The Balaban J connectivity index is 1.44. The maximum absolute atomic E-state index is 13.4. The largest absolute Gasteiger partial charge is 0.497 e. The molecule has 194 valence electrons. The molecule has 0 spiro atoms. The number of hydrogen-bond acceptors (Lipinski definition) is 4. The molecule has 2 saturated heterocycles. The summed E-state index contributed by atoms with van der Waals surface area (Å²) in [7, 11) is 1.71. The minimum Gasteiger partial charge on any atom is -0.497 e. The number of hydrogen-bond donors (Lipinski definition) is 1. The van der Waals surface area contributed by atoms with E-state index in [1.54, 1.807) is 7.11 Å². The fraction of sp³-hybridized carbons (Fsp3) is 0.581. The third-order valence-corrected chi connectivity index (χ3v) is 9.44. The van der Waals surface area contributed by atoms with E-state index in [-0.39, 0.29) is 11.9 Å². The third-order valence-electron chi connectivity index (χ3n) is 9.44. The molecular formula is C31H42N2O3. The van der Waals surface area contributed by atoms with E-state index in [1.165, 1.54) is 29.5 Å². The molecule has 0 radical (unpaired) electrons. The van der Waals surface area contributed by atoms with E-state index in [0.717, 1.165) is 44.0 Å². The maximum atomic E-state index is 13.4. The van der Waals surface area contributed by atoms with Gasteiger partial charge in [-0.3, -0.25) is 9.69 Å². The standard InChI is InChI=1S/C31H42N2O3/c1-23-9-13-27(36-3)21-28(23)30-15-18-32(29(34)14-12-25-7-5-4-6-8-25)20-17-31(30,35)24(2)33(19-16-30)22-26-10-11-26/h4-9,13,21,24,26,35H,10-12,14-20,22H2,1-3H3. The lowest BCUT2D eigenvalue weighted by Crippen LogP contribution is -2.68. The molecule has 2 aromatic carbocycles. The third kappa shape index (κ3) is 4.68. The number of benzene rings is 2. The number of carbonyl (C=O) groups is 1. The van der Waals surface area contributed by atoms with E-state index in [4.69, 9.17) is 4.74 Å². The maximum Gasteiger partial charge on any atom is 0.222 e. The van der Waals surface area contributed by atoms with Gasteiger partial charge in [0.25, 0.3) is 0 Å². The average molecular weight is 491 g/mol. The van der Waals surface area contributed by atoms with Crippen LogP contribution in [0, 0.1) is 12.8 Å². The van der Waals surface area contributed by atoms with Gasteiger partial charge in [-0.2, -0.15) is 0 Å². The Morgan fingerprint density at radius 1 is 1.06 bits per heavy atom. The van der Waals surface area contributed by atoms with Gasteiger partial charge in [0.05, 0.1) is 12.7 Å². The molecular weight excluding hydrogens is 448 g/mol. The lowest BCUT2D eigenvalue weighted by molar-refractivity contribution is -0.137. The highest BCUT2D eigenvalue weighted by molar-refractivity contribution is 5.76. The first-order chi connectivity index (χ1) is 17.4. The van der Waals surface area contributed by atoms with Crippen LogP contribution in [0.2, 0.25) is 0 Å². The van der Waals surface area contributed by atoms with Gasteiger partial charge in [-0.1, -0.05) is 36.4 Å². The molecule has 3 fully saturated rings. The van der Waals surface area contributed by atoms with Crippen LogP contribution in [-0.4, -0.2) is 65.7 Å². The molecule has 2 aliphatic heterocycles. The van der Waals surface area contributed by atoms with Crippen molar-refractivity contribution in [3.05, 3.63) is 65.2 Å². The number of nitrogens with zero attached hydrogens (tertiary/aromatic N) is 2. The molecule has 1 amide bonds. The number of methoxy groups -OCH3 is 1. The Labute approximate surface area is 216 Å². The van der Waals surface area contributed by atoms with Crippen molar-refractivity contribution in [1.82, 2.24) is 9.80 Å². The van der Waals surface area contributed by atoms with Gasteiger partial charge in [-0.05, 0) is 93.7 Å². The predicted molar refractivity (Wildman–Crippen MR) is 143 cm³/mol. The van der Waals surface area contributed by atoms with Crippen molar-refractivity contribution in [2.45, 2.75) is 75.9 Å². The van der Waals surface area contributed by atoms with Crippen LogP contribution < -0.4 is 4.74 Å². The van der Waals surface area contributed by atoms with Gasteiger partial charge in [0.2, 0.25) is 5.91 Å². The summed E-state index contributed by atoms with van der Waals surface area (Å²) in [5.41, 5.74) is 2.27. The van der Waals surface area contributed by atoms with Crippen LogP contribution >= 0.6 is 0 Å². The van der Waals surface area contributed by atoms with Crippen molar-refractivity contribution in [3.8, 4) is 5.75 Å². The van der Waals surface area contributed by atoms with Crippen molar-refractivity contribution in [2.24, 2.45) is 5.92 Å². The number of amides is 1. The zero-order valence-corrected chi connectivity index (χ0v) is 22.2. The van der Waals surface area contributed by atoms with Crippen molar-refractivity contribution >= 4 is 5.91 Å². The SMILES string of the molecule is COc1ccc(C)c(C23CCN(C(=O)CCc4ccccc4)CCC2(O)C(C)N(CC2CC2)CC3)c1. The van der Waals surface area contributed by atoms with Gasteiger partial charge in [-0.25, -0.2) is 0 Å². The van der Waals surface area contributed by atoms with Crippen molar-refractivity contribution < 1.29 is 14.6 Å². The molecule has 2 aromatic rings. The number of rotatable bonds is 7. The second kappa shape index (κ2) is 10.2. The number of ether oxygens (including phenoxy) is 1. The summed E-state index contributed by atoms with van der Waals surface area (Å²) in [6.07, 6.45) is 6.17. The smallest absolute Gasteiger partial charge is 0.222 e. The molecule has 2 heterocycles. The average Bonchev–Trinajstić information content (AvgIpc) is 3.73. The summed E-state index contributed by atoms with van der Waals surface area (Å²) in [5, 5.41) is 12.7. The van der Waals surface area contributed by atoms with Gasteiger partial charge < -0.3 is 14.7 Å². The van der Waals surface area contributed by atoms with Gasteiger partial charge in [0.1, 0.15) is 5.75 Å². The highest BCUT2D eigenvalue weighted by atomic mass is 16.5. The van der Waals surface area contributed by atoms with E-state index in [1.807, 2.05) is 29.2 Å². The molecule has 5 rings (SSSR count). The first-order valence-electron chi connectivity index (χ1n) is 13.8. The molecule has 0 aromatic heterocycles. The summed E-state index contributed by atoms with van der Waals surface area (Å²) in [5.74, 6) is 1.81. The monoisotopic (exact) mass is 490 g/mol. The molecule has 36 heavy (non-hydrogen) atoms. The molecule has 3 aliphatic rings. The number of piperidine rings is 1. The van der Waals surface area contributed by atoms with Gasteiger partial charge in [0, 0.05) is 37.5 Å². The van der Waals surface area contributed by atoms with Crippen LogP contribution in [0.4, 0.5) is 0 Å². The van der Waals surface area contributed by atoms with Gasteiger partial charge in [-0.15, -0.1) is 0 Å². The summed E-state index contributed by atoms with van der Waals surface area (Å²) >= 11 is 0. The highest BCUT2D eigenvalue weighted by Crippen LogP contribution is 2.53. The van der Waals surface area contributed by atoms with Crippen molar-refractivity contribution in [3.63, 3.8) is 0 Å². The molecule has 3 unspecified atom stereocenters. The molecule has 1 N–H and O–H groups in total. The van der Waals surface area contributed by atoms with Crippen LogP contribution in [0.15, 0.2) is 48.5 Å². The summed E-state index contributed by atoms with van der Waals surface area (Å²) < 4.78 is 5.63. The number of aryl methyl sites for hydroxylation is 2. The molecule has 5 heteroatoms. The fourth-order valence-corrected chi connectivity index (χ4v) is 6.91. The van der Waals surface area contributed by atoms with Gasteiger partial charge in [0.15, 0.2) is 0 Å². The highest BCUT2D eigenvalue weighted by Gasteiger charge is 2.59. The normalized spacial score (nSPS) is 28.9. The Morgan fingerprint density at radius 3 is 2.50 bits per heavy atom. The second-order valence-electron chi connectivity index (χ2n) is 11.4. The number of likely N-dealkylation sites (tertiary alicyclic amines) is 2. The zero-order chi connectivity index (χ0) is 25.3. The Hall–Kier alpha value is -2.37. The Kier molecular flexibility index (Phi) is 7.15. The minimum absolute atomic E-state index is 0.0387. The van der Waals surface area contributed by atoms with E-state index in [9.17, 15) is 9.90 Å². The van der Waals surface area contributed by atoms with E-state index < -0.39 is 11.0 Å². The summed E-state index contributed by atoms with van der Waals surface area (Å²) in [6.45, 7) is 7.73. The first kappa shape index (κ1) is 25.3. The number of aliphatic hydroxyl groups is 1. The molecule has 3 atom stereocenters. The van der Waals surface area contributed by atoms with Crippen molar-refractivity contribution in [2.75, 3.05) is 33.3 Å². The Bertz CT molecular complexity index is 1070. The van der Waals surface area contributed by atoms with E-state index in [0.29, 0.717) is 25.9 Å². The molecule has 0 bridgehead atoms. The van der Waals surface area contributed by atoms with Crippen LogP contribution in [-0.2, 0) is 16.6 Å². The summed E-state index contributed by atoms with van der Waals surface area (Å²) in [4.78, 5) is 17.9. The van der Waals surface area contributed by atoms with E-state index >= 15 is 0 Å². The van der Waals surface area contributed by atoms with Crippen LogP contribution in [0.3, 0.4) is 0 Å². The molecule has 5 nitrogen and oxygen atoms in total. The van der Waals surface area contributed by atoms with Crippen molar-refractivity contribution in [1.29, 1.82) is 0 Å². The Morgan fingerprint density at radius 2 is 1.78 bits per heavy atom. The predicted octanol–water partition coefficient (Wildman–Crippen LogP) is 4.73. The fourth-order valence-electron chi connectivity index (χ4n) is 6.91. The van der Waals surface area contributed by atoms with Gasteiger partial charge >= 0.3 is 0 Å². The minimum atomic E-state index is -0.911. The second-order valence-corrected chi connectivity index (χ2v) is 11.4. The van der Waals surface area contributed by atoms with Crippen LogP contribution in [0.5, 0.6) is 5.75 Å². The van der Waals surface area contributed by atoms with Crippen LogP contribution in [0.25, 0.3) is 0 Å².